The lowest BCUT2D eigenvalue weighted by Crippen LogP contribution is -1.94. The van der Waals surface area contributed by atoms with E-state index in [1.165, 1.54) is 20.3 Å². The zero-order valence-electron chi connectivity index (χ0n) is 12.4. The first-order valence-corrected chi connectivity index (χ1v) is 7.18. The molecular weight excluding hydrogens is 304 g/mol. The summed E-state index contributed by atoms with van der Waals surface area (Å²) < 4.78 is 10.1. The quantitative estimate of drug-likeness (QED) is 0.649. The van der Waals surface area contributed by atoms with Crippen LogP contribution in [-0.4, -0.2) is 30.1 Å². The Hall–Kier alpha value is -2.54. The lowest BCUT2D eigenvalue weighted by molar-refractivity contribution is 0.105. The fourth-order valence-corrected chi connectivity index (χ4v) is 2.66. The maximum atomic E-state index is 12.1. The van der Waals surface area contributed by atoms with E-state index in [0.717, 1.165) is 11.3 Å². The van der Waals surface area contributed by atoms with Crippen LogP contribution < -0.4 is 15.2 Å². The first-order valence-electron chi connectivity index (χ1n) is 6.36. The van der Waals surface area contributed by atoms with Crippen molar-refractivity contribution in [1.82, 2.24) is 4.98 Å². The molecule has 0 bridgehead atoms. The number of carbonyl (C=O) groups is 1. The van der Waals surface area contributed by atoms with Crippen LogP contribution in [-0.2, 0) is 0 Å². The zero-order valence-corrected chi connectivity index (χ0v) is 13.2. The van der Waals surface area contributed by atoms with Crippen molar-refractivity contribution < 1.29 is 19.4 Å². The van der Waals surface area contributed by atoms with E-state index >= 15 is 0 Å². The Morgan fingerprint density at radius 3 is 2.36 bits per heavy atom. The summed E-state index contributed by atoms with van der Waals surface area (Å²) in [6.45, 7) is 1.74. The van der Waals surface area contributed by atoms with Gasteiger partial charge in [0.2, 0.25) is 5.75 Å². The number of aromatic nitrogens is 1. The summed E-state index contributed by atoms with van der Waals surface area (Å²) >= 11 is 1.15. The van der Waals surface area contributed by atoms with Gasteiger partial charge < -0.3 is 20.3 Å². The van der Waals surface area contributed by atoms with Crippen LogP contribution in [0.2, 0.25) is 0 Å². The van der Waals surface area contributed by atoms with Crippen LogP contribution in [0.15, 0.2) is 18.2 Å². The average Bonchev–Trinajstić information content (AvgIpc) is 2.84. The third kappa shape index (κ3) is 3.20. The molecule has 22 heavy (non-hydrogen) atoms. The van der Waals surface area contributed by atoms with Gasteiger partial charge in [-0.2, -0.15) is 0 Å². The summed E-state index contributed by atoms with van der Waals surface area (Å²) in [7, 11) is 2.88. The van der Waals surface area contributed by atoms with Crippen LogP contribution in [0.3, 0.4) is 0 Å². The molecule has 2 aromatic rings. The van der Waals surface area contributed by atoms with Crippen molar-refractivity contribution in [2.45, 2.75) is 6.92 Å². The molecule has 0 amide bonds. The van der Waals surface area contributed by atoms with Crippen LogP contribution in [0.5, 0.6) is 17.2 Å². The molecule has 0 saturated heterocycles. The van der Waals surface area contributed by atoms with E-state index in [-0.39, 0.29) is 23.0 Å². The smallest absolute Gasteiger partial charge is 0.200 e. The number of rotatable bonds is 5. The molecule has 0 aliphatic heterocycles. The summed E-state index contributed by atoms with van der Waals surface area (Å²) in [4.78, 5) is 16.7. The largest absolute Gasteiger partial charge is 0.502 e. The monoisotopic (exact) mass is 320 g/mol. The normalized spacial score (nSPS) is 10.9. The number of thiazole rings is 1. The van der Waals surface area contributed by atoms with Gasteiger partial charge in [-0.3, -0.25) is 4.79 Å². The first-order chi connectivity index (χ1) is 10.5. The minimum atomic E-state index is -0.183. The Balaban J connectivity index is 2.30. The summed E-state index contributed by atoms with van der Waals surface area (Å²) in [5, 5.41) is 10.2. The summed E-state index contributed by atoms with van der Waals surface area (Å²) in [6.07, 6.45) is 3.04. The first kappa shape index (κ1) is 15.8. The lowest BCUT2D eigenvalue weighted by atomic mass is 10.1. The number of carbonyl (C=O) groups excluding carboxylic acids is 1. The average molecular weight is 320 g/mol. The van der Waals surface area contributed by atoms with Crippen molar-refractivity contribution in [2.75, 3.05) is 20.0 Å². The molecule has 1 aromatic heterocycles. The highest BCUT2D eigenvalue weighted by molar-refractivity contribution is 7.17. The van der Waals surface area contributed by atoms with Gasteiger partial charge in [0, 0.05) is 0 Å². The molecular formula is C15H16N2O4S. The van der Waals surface area contributed by atoms with Gasteiger partial charge in [0.15, 0.2) is 22.4 Å². The van der Waals surface area contributed by atoms with Gasteiger partial charge in [-0.15, -0.1) is 0 Å². The number of phenols is 1. The van der Waals surface area contributed by atoms with Crippen molar-refractivity contribution in [3.8, 4) is 17.2 Å². The Bertz CT molecular complexity index is 712. The topological polar surface area (TPSA) is 94.7 Å². The number of methoxy groups -OCH3 is 2. The molecule has 1 aromatic carbocycles. The van der Waals surface area contributed by atoms with Gasteiger partial charge in [-0.25, -0.2) is 4.98 Å². The second-order valence-corrected chi connectivity index (χ2v) is 5.47. The molecule has 116 valence electrons. The highest BCUT2D eigenvalue weighted by Gasteiger charge is 2.13. The van der Waals surface area contributed by atoms with Crippen molar-refractivity contribution in [3.05, 3.63) is 34.3 Å². The van der Waals surface area contributed by atoms with E-state index in [0.29, 0.717) is 21.3 Å². The highest BCUT2D eigenvalue weighted by atomic mass is 32.1. The molecule has 0 spiro atoms. The Labute approximate surface area is 131 Å². The standard InChI is InChI=1S/C15H16N2O4S/c1-8-14(22-15(16)17-8)10(18)5-4-9-6-11(20-2)13(19)12(7-9)21-3/h4-7,19H,1-3H3,(H2,16,17)/b5-4+. The fourth-order valence-electron chi connectivity index (χ4n) is 1.90. The molecule has 0 aliphatic carbocycles. The Morgan fingerprint density at radius 2 is 1.91 bits per heavy atom. The molecule has 0 fully saturated rings. The third-order valence-electron chi connectivity index (χ3n) is 2.97. The van der Waals surface area contributed by atoms with E-state index in [1.807, 2.05) is 0 Å². The zero-order chi connectivity index (χ0) is 16.3. The minimum Gasteiger partial charge on any atom is -0.502 e. The molecule has 2 rings (SSSR count). The number of nitrogens with zero attached hydrogens (tertiary/aromatic N) is 1. The van der Waals surface area contributed by atoms with Gasteiger partial charge in [0.05, 0.1) is 24.8 Å². The number of ketones is 1. The van der Waals surface area contributed by atoms with E-state index in [2.05, 4.69) is 4.98 Å². The number of nitrogen functional groups attached to an aromatic ring is 1. The minimum absolute atomic E-state index is 0.0837. The van der Waals surface area contributed by atoms with E-state index < -0.39 is 0 Å². The van der Waals surface area contributed by atoms with Gasteiger partial charge in [-0.1, -0.05) is 17.4 Å². The van der Waals surface area contributed by atoms with Gasteiger partial charge in [0.1, 0.15) is 0 Å². The number of aryl methyl sites for hydroxylation is 1. The lowest BCUT2D eigenvalue weighted by Gasteiger charge is -2.09. The van der Waals surface area contributed by atoms with Crippen LogP contribution in [0.1, 0.15) is 20.9 Å². The SMILES string of the molecule is COc1cc(/C=C/C(=O)c2sc(N)nc2C)cc(OC)c1O. The number of hydrogen-bond donors (Lipinski definition) is 2. The predicted octanol–water partition coefficient (Wildman–Crippen LogP) is 2.65. The van der Waals surface area contributed by atoms with Crippen molar-refractivity contribution >= 4 is 28.3 Å². The van der Waals surface area contributed by atoms with Gasteiger partial charge in [0.25, 0.3) is 0 Å². The number of nitrogens with two attached hydrogens (primary N) is 1. The maximum Gasteiger partial charge on any atom is 0.200 e. The van der Waals surface area contributed by atoms with Gasteiger partial charge >= 0.3 is 0 Å². The second-order valence-electron chi connectivity index (χ2n) is 4.44. The fraction of sp³-hybridized carbons (Fsp3) is 0.200. The third-order valence-corrected chi connectivity index (χ3v) is 3.97. The van der Waals surface area contributed by atoms with Crippen LogP contribution in [0.4, 0.5) is 5.13 Å². The molecule has 7 heteroatoms. The number of benzene rings is 1. The summed E-state index contributed by atoms with van der Waals surface area (Å²) in [5.74, 6) is 0.270. The molecule has 6 nitrogen and oxygen atoms in total. The maximum absolute atomic E-state index is 12.1. The number of ether oxygens (including phenoxy) is 2. The molecule has 3 N–H and O–H groups in total. The van der Waals surface area contributed by atoms with E-state index in [1.54, 1.807) is 25.1 Å². The number of hydrogen-bond acceptors (Lipinski definition) is 7. The van der Waals surface area contributed by atoms with E-state index in [4.69, 9.17) is 15.2 Å². The van der Waals surface area contributed by atoms with Crippen molar-refractivity contribution in [1.29, 1.82) is 0 Å². The molecule has 0 radical (unpaired) electrons. The van der Waals surface area contributed by atoms with Crippen LogP contribution in [0.25, 0.3) is 6.08 Å². The Kier molecular flexibility index (Phi) is 4.67. The number of allylic oxidation sites excluding steroid dienone is 1. The molecule has 0 aliphatic rings. The summed E-state index contributed by atoms with van der Waals surface area (Å²) in [5.41, 5.74) is 6.86. The van der Waals surface area contributed by atoms with Crippen LogP contribution in [0, 0.1) is 6.92 Å². The van der Waals surface area contributed by atoms with Crippen molar-refractivity contribution in [2.24, 2.45) is 0 Å². The predicted molar refractivity (Wildman–Crippen MR) is 85.8 cm³/mol. The highest BCUT2D eigenvalue weighted by Crippen LogP contribution is 2.37. The number of anilines is 1. The molecule has 0 unspecified atom stereocenters. The Morgan fingerprint density at radius 1 is 1.32 bits per heavy atom. The second kappa shape index (κ2) is 6.48. The van der Waals surface area contributed by atoms with E-state index in [9.17, 15) is 9.90 Å². The molecule has 1 heterocycles. The molecule has 0 atom stereocenters. The summed E-state index contributed by atoms with van der Waals surface area (Å²) in [6, 6.07) is 3.21. The van der Waals surface area contributed by atoms with Crippen molar-refractivity contribution in [3.63, 3.8) is 0 Å². The number of phenolic OH excluding ortho intramolecular Hbond substituents is 1. The molecule has 0 saturated carbocycles. The van der Waals surface area contributed by atoms with Gasteiger partial charge in [-0.05, 0) is 30.7 Å². The number of aromatic hydroxyl groups is 1. The van der Waals surface area contributed by atoms with Crippen LogP contribution >= 0.6 is 11.3 Å².